The number of aliphatic hydroxyl groups excluding tert-OH is 1. The highest BCUT2D eigenvalue weighted by Gasteiger charge is 2.36. The summed E-state index contributed by atoms with van der Waals surface area (Å²) in [5.74, 6) is -0.379. The molecule has 2 atom stereocenters. The molecule has 2 aromatic rings. The fourth-order valence-electron chi connectivity index (χ4n) is 2.96. The lowest BCUT2D eigenvalue weighted by atomic mass is 9.98. The lowest BCUT2D eigenvalue weighted by Gasteiger charge is -2.36. The maximum absolute atomic E-state index is 11.9. The third kappa shape index (κ3) is 2.64. The molecule has 3 heterocycles. The fourth-order valence-corrected chi connectivity index (χ4v) is 2.96. The predicted molar refractivity (Wildman–Crippen MR) is 76.6 cm³/mol. The molecule has 0 saturated carbocycles. The Morgan fingerprint density at radius 2 is 2.38 bits per heavy atom. The summed E-state index contributed by atoms with van der Waals surface area (Å²) in [7, 11) is 1.36. The molecule has 1 N–H and O–H groups in total. The Balaban J connectivity index is 1.86. The van der Waals surface area contributed by atoms with Crippen LogP contribution in [0.4, 0.5) is 0 Å². The van der Waals surface area contributed by atoms with Crippen LogP contribution in [0.2, 0.25) is 0 Å². The van der Waals surface area contributed by atoms with Crippen molar-refractivity contribution in [1.82, 2.24) is 14.3 Å². The molecule has 1 aliphatic heterocycles. The first kappa shape index (κ1) is 14.0. The van der Waals surface area contributed by atoms with Gasteiger partial charge in [-0.25, -0.2) is 4.98 Å². The minimum Gasteiger partial charge on any atom is -0.468 e. The molecule has 2 aromatic heterocycles. The number of piperidine rings is 1. The maximum atomic E-state index is 11.9. The largest absolute Gasteiger partial charge is 0.468 e. The normalized spacial score (nSPS) is 23.3. The molecule has 0 unspecified atom stereocenters. The zero-order valence-electron chi connectivity index (χ0n) is 12.0. The number of likely N-dealkylation sites (tertiary alicyclic amines) is 1. The van der Waals surface area contributed by atoms with Crippen molar-refractivity contribution in [2.24, 2.45) is 0 Å². The Morgan fingerprint density at radius 1 is 1.52 bits per heavy atom. The maximum Gasteiger partial charge on any atom is 0.325 e. The van der Waals surface area contributed by atoms with E-state index < -0.39 is 12.1 Å². The zero-order chi connectivity index (χ0) is 14.8. The van der Waals surface area contributed by atoms with E-state index in [-0.39, 0.29) is 5.97 Å². The molecule has 3 rings (SSSR count). The Bertz CT molecular complexity index is 640. The number of aliphatic hydroxyl groups is 1. The highest BCUT2D eigenvalue weighted by atomic mass is 16.5. The van der Waals surface area contributed by atoms with Crippen LogP contribution in [0.5, 0.6) is 0 Å². The molecule has 0 amide bonds. The van der Waals surface area contributed by atoms with Crippen LogP contribution in [0.15, 0.2) is 30.6 Å². The number of aromatic nitrogens is 2. The van der Waals surface area contributed by atoms with Gasteiger partial charge in [-0.3, -0.25) is 9.69 Å². The monoisotopic (exact) mass is 289 g/mol. The van der Waals surface area contributed by atoms with Crippen LogP contribution in [0.1, 0.15) is 18.5 Å². The van der Waals surface area contributed by atoms with E-state index in [0.717, 1.165) is 24.3 Å². The van der Waals surface area contributed by atoms with Crippen molar-refractivity contribution in [3.8, 4) is 0 Å². The van der Waals surface area contributed by atoms with Crippen LogP contribution < -0.4 is 0 Å². The summed E-state index contributed by atoms with van der Waals surface area (Å²) in [6, 6.07) is 5.22. The Hall–Kier alpha value is -1.92. The molecule has 1 saturated heterocycles. The predicted octanol–water partition coefficient (Wildman–Crippen LogP) is 0.833. The van der Waals surface area contributed by atoms with Gasteiger partial charge in [0.15, 0.2) is 0 Å². The first-order chi connectivity index (χ1) is 10.2. The molecule has 0 aliphatic carbocycles. The fraction of sp³-hybridized carbons (Fsp3) is 0.467. The molecule has 21 heavy (non-hydrogen) atoms. The second kappa shape index (κ2) is 5.83. The average molecular weight is 289 g/mol. The van der Waals surface area contributed by atoms with E-state index in [1.54, 1.807) is 0 Å². The van der Waals surface area contributed by atoms with E-state index in [2.05, 4.69) is 4.98 Å². The molecule has 0 radical (unpaired) electrons. The lowest BCUT2D eigenvalue weighted by molar-refractivity contribution is -0.154. The number of esters is 1. The van der Waals surface area contributed by atoms with Crippen molar-refractivity contribution in [2.45, 2.75) is 31.5 Å². The van der Waals surface area contributed by atoms with Gasteiger partial charge in [0.25, 0.3) is 0 Å². The van der Waals surface area contributed by atoms with Crippen molar-refractivity contribution in [2.75, 3.05) is 13.7 Å². The van der Waals surface area contributed by atoms with Crippen molar-refractivity contribution >= 4 is 11.6 Å². The molecule has 6 nitrogen and oxygen atoms in total. The van der Waals surface area contributed by atoms with Gasteiger partial charge >= 0.3 is 5.97 Å². The number of nitrogens with zero attached hydrogens (tertiary/aromatic N) is 3. The standard InChI is InChI=1S/C15H19N3O3/c1-21-15(20)14-12(19)5-4-7-17(14)10-11-9-16-13-6-2-3-8-18(11)13/h2-3,6,8-9,12,14,19H,4-5,7,10H2,1H3/t12-,14-/m1/s1. The first-order valence-electron chi connectivity index (χ1n) is 7.11. The Morgan fingerprint density at radius 3 is 3.19 bits per heavy atom. The van der Waals surface area contributed by atoms with E-state index in [0.29, 0.717) is 13.0 Å². The van der Waals surface area contributed by atoms with Gasteiger partial charge in [0.2, 0.25) is 0 Å². The number of rotatable bonds is 3. The summed E-state index contributed by atoms with van der Waals surface area (Å²) in [5, 5.41) is 10.1. The second-order valence-corrected chi connectivity index (χ2v) is 5.33. The molecular formula is C15H19N3O3. The first-order valence-corrected chi connectivity index (χ1v) is 7.11. The van der Waals surface area contributed by atoms with Crippen LogP contribution >= 0.6 is 0 Å². The van der Waals surface area contributed by atoms with Crippen molar-refractivity contribution in [3.05, 3.63) is 36.3 Å². The van der Waals surface area contributed by atoms with E-state index >= 15 is 0 Å². The van der Waals surface area contributed by atoms with E-state index in [1.807, 2.05) is 39.9 Å². The van der Waals surface area contributed by atoms with Crippen LogP contribution in [0.25, 0.3) is 5.65 Å². The second-order valence-electron chi connectivity index (χ2n) is 5.33. The van der Waals surface area contributed by atoms with Crippen LogP contribution in [0, 0.1) is 0 Å². The summed E-state index contributed by atoms with van der Waals surface area (Å²) in [4.78, 5) is 18.3. The lowest BCUT2D eigenvalue weighted by Crippen LogP contribution is -2.52. The number of hydrogen-bond donors (Lipinski definition) is 1. The van der Waals surface area contributed by atoms with Gasteiger partial charge in [0, 0.05) is 12.7 Å². The molecule has 0 bridgehead atoms. The minimum atomic E-state index is -0.676. The summed E-state index contributed by atoms with van der Waals surface area (Å²) in [6.07, 6.45) is 4.58. The van der Waals surface area contributed by atoms with Gasteiger partial charge in [-0.2, -0.15) is 0 Å². The Labute approximate surface area is 123 Å². The van der Waals surface area contributed by atoms with Gasteiger partial charge in [0.1, 0.15) is 11.7 Å². The molecule has 1 aliphatic rings. The van der Waals surface area contributed by atoms with Gasteiger partial charge in [-0.1, -0.05) is 6.07 Å². The van der Waals surface area contributed by atoms with Crippen molar-refractivity contribution < 1.29 is 14.6 Å². The number of methoxy groups -OCH3 is 1. The van der Waals surface area contributed by atoms with E-state index in [4.69, 9.17) is 4.74 Å². The smallest absolute Gasteiger partial charge is 0.325 e. The third-order valence-electron chi connectivity index (χ3n) is 4.00. The number of ether oxygens (including phenoxy) is 1. The molecule has 112 valence electrons. The zero-order valence-corrected chi connectivity index (χ0v) is 12.0. The molecule has 6 heteroatoms. The molecule has 0 spiro atoms. The van der Waals surface area contributed by atoms with Gasteiger partial charge in [0.05, 0.1) is 25.1 Å². The number of imidazole rings is 1. The highest BCUT2D eigenvalue weighted by molar-refractivity contribution is 5.76. The summed E-state index contributed by atoms with van der Waals surface area (Å²) < 4.78 is 6.83. The van der Waals surface area contributed by atoms with Crippen molar-refractivity contribution in [3.63, 3.8) is 0 Å². The third-order valence-corrected chi connectivity index (χ3v) is 4.00. The molecule has 1 fully saturated rings. The molecule has 0 aromatic carbocycles. The minimum absolute atomic E-state index is 0.379. The highest BCUT2D eigenvalue weighted by Crippen LogP contribution is 2.21. The van der Waals surface area contributed by atoms with Crippen molar-refractivity contribution in [1.29, 1.82) is 0 Å². The number of carbonyl (C=O) groups excluding carboxylic acids is 1. The summed E-state index contributed by atoms with van der Waals surface area (Å²) in [5.41, 5.74) is 1.87. The van der Waals surface area contributed by atoms with Crippen LogP contribution in [-0.2, 0) is 16.1 Å². The van der Waals surface area contributed by atoms with Gasteiger partial charge in [-0.15, -0.1) is 0 Å². The number of carbonyl (C=O) groups is 1. The van der Waals surface area contributed by atoms with E-state index in [9.17, 15) is 9.90 Å². The van der Waals surface area contributed by atoms with Crippen LogP contribution in [-0.4, -0.2) is 51.2 Å². The quantitative estimate of drug-likeness (QED) is 0.848. The molecular weight excluding hydrogens is 270 g/mol. The van der Waals surface area contributed by atoms with Crippen LogP contribution in [0.3, 0.4) is 0 Å². The van der Waals surface area contributed by atoms with Gasteiger partial charge in [-0.05, 0) is 31.5 Å². The Kier molecular flexibility index (Phi) is 3.90. The number of hydrogen-bond acceptors (Lipinski definition) is 5. The SMILES string of the molecule is COC(=O)[C@H]1[C@H](O)CCCN1Cc1cnc2ccccn12. The summed E-state index contributed by atoms with van der Waals surface area (Å²) >= 11 is 0. The van der Waals surface area contributed by atoms with Gasteiger partial charge < -0.3 is 14.2 Å². The summed E-state index contributed by atoms with van der Waals surface area (Å²) in [6.45, 7) is 1.32. The van der Waals surface area contributed by atoms with E-state index in [1.165, 1.54) is 7.11 Å². The number of pyridine rings is 1. The average Bonchev–Trinajstić information content (AvgIpc) is 2.90. The number of fused-ring (bicyclic) bond motifs is 1. The topological polar surface area (TPSA) is 67.1 Å².